The zero-order valence-electron chi connectivity index (χ0n) is 17.7. The molecule has 158 valence electrons. The van der Waals surface area contributed by atoms with Gasteiger partial charge < -0.3 is 0 Å². The fraction of sp³-hybridized carbons (Fsp3) is 0.231. The molecular weight excluding hydrogens is 470 g/mol. The Morgan fingerprint density at radius 1 is 0.806 bits per heavy atom. The van der Waals surface area contributed by atoms with E-state index in [4.69, 9.17) is 13.6 Å². The van der Waals surface area contributed by atoms with Crippen molar-refractivity contribution in [2.75, 3.05) is 0 Å². The SMILES string of the molecule is CCCCC(C)OP1(=[Se])Oc2ccc3ccccc3c2-c2c(ccc3ccccc23)O1. The molecule has 0 aromatic heterocycles. The predicted octanol–water partition coefficient (Wildman–Crippen LogP) is 7.87. The van der Waals surface area contributed by atoms with E-state index in [-0.39, 0.29) is 6.10 Å². The van der Waals surface area contributed by atoms with Crippen LogP contribution in [0.1, 0.15) is 33.1 Å². The first kappa shape index (κ1) is 20.8. The molecule has 0 aliphatic carbocycles. The van der Waals surface area contributed by atoms with Gasteiger partial charge in [-0.05, 0) is 0 Å². The molecule has 0 saturated heterocycles. The zero-order valence-corrected chi connectivity index (χ0v) is 20.3. The van der Waals surface area contributed by atoms with Crippen LogP contribution in [0.2, 0.25) is 0 Å². The first-order valence-electron chi connectivity index (χ1n) is 10.8. The number of hydrogen-bond acceptors (Lipinski definition) is 3. The molecule has 0 fully saturated rings. The van der Waals surface area contributed by atoms with Crippen molar-refractivity contribution in [3.63, 3.8) is 0 Å². The molecule has 0 radical (unpaired) electrons. The first-order chi connectivity index (χ1) is 15.1. The van der Waals surface area contributed by atoms with Crippen molar-refractivity contribution >= 4 is 42.8 Å². The summed E-state index contributed by atoms with van der Waals surface area (Å²) in [4.78, 5) is 0. The topological polar surface area (TPSA) is 27.7 Å². The molecule has 31 heavy (non-hydrogen) atoms. The summed E-state index contributed by atoms with van der Waals surface area (Å²) in [5.74, 6) is 1.59. The van der Waals surface area contributed by atoms with Crippen molar-refractivity contribution in [2.45, 2.75) is 39.2 Å². The fourth-order valence-electron chi connectivity index (χ4n) is 4.24. The van der Waals surface area contributed by atoms with E-state index in [1.807, 2.05) is 12.1 Å². The van der Waals surface area contributed by atoms with Crippen LogP contribution in [-0.4, -0.2) is 21.2 Å². The fourth-order valence-corrected chi connectivity index (χ4v) is 7.63. The Kier molecular flexibility index (Phi) is 5.67. The minimum atomic E-state index is -2.75. The number of rotatable bonds is 5. The van der Waals surface area contributed by atoms with Crippen molar-refractivity contribution < 1.29 is 13.6 Å². The average Bonchev–Trinajstić information content (AvgIpc) is 2.90. The van der Waals surface area contributed by atoms with Gasteiger partial charge in [-0.25, -0.2) is 0 Å². The van der Waals surface area contributed by atoms with Gasteiger partial charge in [0.05, 0.1) is 0 Å². The van der Waals surface area contributed by atoms with Gasteiger partial charge in [0.25, 0.3) is 0 Å². The van der Waals surface area contributed by atoms with E-state index < -0.39 is 6.19 Å². The van der Waals surface area contributed by atoms with E-state index in [0.717, 1.165) is 52.7 Å². The van der Waals surface area contributed by atoms with Crippen molar-refractivity contribution in [1.29, 1.82) is 0 Å². The Balaban J connectivity index is 1.75. The minimum absolute atomic E-state index is 0.0421. The quantitative estimate of drug-likeness (QED) is 0.208. The van der Waals surface area contributed by atoms with Crippen LogP contribution in [0.3, 0.4) is 0 Å². The maximum atomic E-state index is 6.55. The van der Waals surface area contributed by atoms with Gasteiger partial charge in [-0.2, -0.15) is 0 Å². The molecule has 1 unspecified atom stereocenters. The Bertz CT molecular complexity index is 1230. The molecule has 3 nitrogen and oxygen atoms in total. The van der Waals surface area contributed by atoms with Gasteiger partial charge in [0.2, 0.25) is 0 Å². The molecule has 0 amide bonds. The number of fused-ring (bicyclic) bond motifs is 7. The van der Waals surface area contributed by atoms with E-state index in [2.05, 4.69) is 89.6 Å². The van der Waals surface area contributed by atoms with Crippen LogP contribution < -0.4 is 9.05 Å². The van der Waals surface area contributed by atoms with Crippen molar-refractivity contribution in [3.8, 4) is 22.6 Å². The van der Waals surface area contributed by atoms with Gasteiger partial charge >= 0.3 is 191 Å². The second-order valence-corrected chi connectivity index (χ2v) is 12.3. The van der Waals surface area contributed by atoms with Crippen molar-refractivity contribution in [1.82, 2.24) is 0 Å². The summed E-state index contributed by atoms with van der Waals surface area (Å²) < 4.78 is 19.5. The van der Waals surface area contributed by atoms with E-state index in [1.54, 1.807) is 0 Å². The Morgan fingerprint density at radius 3 is 1.84 bits per heavy atom. The predicted molar refractivity (Wildman–Crippen MR) is 131 cm³/mol. The van der Waals surface area contributed by atoms with Crippen LogP contribution in [0, 0.1) is 0 Å². The molecule has 0 spiro atoms. The summed E-state index contributed by atoms with van der Waals surface area (Å²) in [6.45, 7) is 4.28. The molecule has 1 heterocycles. The molecular formula is C26H25O3PSe. The Labute approximate surface area is 190 Å². The summed E-state index contributed by atoms with van der Waals surface area (Å²) >= 11 is 3.16. The Hall–Kier alpha value is -2.09. The third-order valence-electron chi connectivity index (χ3n) is 5.73. The molecule has 0 N–H and O–H groups in total. The van der Waals surface area contributed by atoms with Crippen LogP contribution in [0.15, 0.2) is 72.8 Å². The van der Waals surface area contributed by atoms with Gasteiger partial charge in [0, 0.05) is 0 Å². The van der Waals surface area contributed by atoms with Crippen molar-refractivity contribution in [2.24, 2.45) is 0 Å². The van der Waals surface area contributed by atoms with Gasteiger partial charge in [0.15, 0.2) is 0 Å². The summed E-state index contributed by atoms with van der Waals surface area (Å²) in [7, 11) is 0. The average molecular weight is 495 g/mol. The molecule has 5 heteroatoms. The third kappa shape index (κ3) is 3.95. The van der Waals surface area contributed by atoms with Crippen molar-refractivity contribution in [3.05, 3.63) is 72.8 Å². The number of unbranched alkanes of at least 4 members (excludes halogenated alkanes) is 1. The van der Waals surface area contributed by atoms with Crippen LogP contribution in [0.5, 0.6) is 11.5 Å². The Morgan fingerprint density at radius 2 is 1.32 bits per heavy atom. The summed E-state index contributed by atoms with van der Waals surface area (Å²) in [5, 5.41) is 4.64. The normalized spacial score (nSPS) is 15.4. The standard InChI is InChI=1S/C26H25O3PSe/c1-3-4-9-18(2)27-30(31)28-23-16-14-19-10-5-7-12-21(19)25(23)26-22-13-8-6-11-20(22)15-17-24(26)29-30/h5-8,10-18H,3-4,9H2,1-2H3. The number of benzene rings is 4. The van der Waals surface area contributed by atoms with E-state index in [1.165, 1.54) is 10.8 Å². The van der Waals surface area contributed by atoms with Crippen LogP contribution in [0.4, 0.5) is 0 Å². The molecule has 1 aliphatic heterocycles. The number of hydrogen-bond donors (Lipinski definition) is 0. The molecule has 1 aliphatic rings. The van der Waals surface area contributed by atoms with E-state index >= 15 is 0 Å². The molecule has 0 saturated carbocycles. The molecule has 4 aromatic carbocycles. The first-order valence-corrected chi connectivity index (χ1v) is 14.6. The van der Waals surface area contributed by atoms with Gasteiger partial charge in [-0.1, -0.05) is 0 Å². The van der Waals surface area contributed by atoms with Gasteiger partial charge in [-0.3, -0.25) is 0 Å². The molecule has 5 rings (SSSR count). The van der Waals surface area contributed by atoms with Crippen LogP contribution in [0.25, 0.3) is 32.7 Å². The second kappa shape index (κ2) is 8.45. The summed E-state index contributed by atoms with van der Waals surface area (Å²) in [6.07, 6.45) is 0.519. The molecule has 1 atom stereocenters. The zero-order chi connectivity index (χ0) is 21.4. The van der Waals surface area contributed by atoms with Crippen LogP contribution >= 0.6 is 6.19 Å². The molecule has 4 aromatic rings. The molecule has 0 bridgehead atoms. The summed E-state index contributed by atoms with van der Waals surface area (Å²) in [5.41, 5.74) is 2.12. The maximum absolute atomic E-state index is 6.55. The van der Waals surface area contributed by atoms with Crippen LogP contribution in [-0.2, 0) is 4.52 Å². The summed E-state index contributed by atoms with van der Waals surface area (Å²) in [6, 6.07) is 25.2. The van der Waals surface area contributed by atoms with E-state index in [0.29, 0.717) is 0 Å². The third-order valence-corrected chi connectivity index (χ3v) is 8.66. The second-order valence-electron chi connectivity index (χ2n) is 8.01. The van der Waals surface area contributed by atoms with E-state index in [9.17, 15) is 0 Å². The van der Waals surface area contributed by atoms with Gasteiger partial charge in [0.1, 0.15) is 0 Å². The van der Waals surface area contributed by atoms with Gasteiger partial charge in [-0.15, -0.1) is 0 Å². The monoisotopic (exact) mass is 496 g/mol.